The van der Waals surface area contributed by atoms with E-state index in [2.05, 4.69) is 14.9 Å². The lowest BCUT2D eigenvalue weighted by molar-refractivity contribution is 0.0123. The number of pyridine rings is 1. The molecule has 1 N–H and O–H groups in total. The number of anilines is 1. The monoisotopic (exact) mass is 547 g/mol. The van der Waals surface area contributed by atoms with Crippen LogP contribution in [0.4, 0.5) is 15.0 Å². The van der Waals surface area contributed by atoms with Gasteiger partial charge in [-0.15, -0.1) is 0 Å². The Kier molecular flexibility index (Phi) is 6.25. The molecule has 2 saturated heterocycles. The molecule has 2 aliphatic heterocycles. The molecule has 6 rings (SSSR count). The van der Waals surface area contributed by atoms with Gasteiger partial charge in [-0.2, -0.15) is 0 Å². The van der Waals surface area contributed by atoms with Crippen LogP contribution in [-0.2, 0) is 4.74 Å². The van der Waals surface area contributed by atoms with Crippen molar-refractivity contribution in [3.63, 3.8) is 0 Å². The quantitative estimate of drug-likeness (QED) is 0.247. The van der Waals surface area contributed by atoms with E-state index < -0.39 is 11.4 Å². The van der Waals surface area contributed by atoms with E-state index in [-0.39, 0.29) is 35.1 Å². The molecule has 39 heavy (non-hydrogen) atoms. The van der Waals surface area contributed by atoms with Gasteiger partial charge in [0.05, 0.1) is 17.5 Å². The number of halogens is 1. The maximum Gasteiger partial charge on any atom is 0.410 e. The summed E-state index contributed by atoms with van der Waals surface area (Å²) in [5, 5.41) is 12.9. The van der Waals surface area contributed by atoms with Crippen LogP contribution in [0.5, 0.6) is 5.75 Å². The second-order valence-corrected chi connectivity index (χ2v) is 11.9. The number of aromatic hydroxyl groups is 1. The predicted molar refractivity (Wildman–Crippen MR) is 151 cm³/mol. The Hall–Kier alpha value is -3.66. The average molecular weight is 548 g/mol. The number of phenolic OH excluding ortho intramolecular Hbond substituents is 1. The Morgan fingerprint density at radius 1 is 1.10 bits per heavy atom. The normalized spacial score (nSPS) is 19.2. The van der Waals surface area contributed by atoms with Crippen molar-refractivity contribution in [2.45, 2.75) is 56.5 Å². The first-order chi connectivity index (χ1) is 18.6. The minimum Gasteiger partial charge on any atom is -0.508 e. The Balaban J connectivity index is 1.41. The summed E-state index contributed by atoms with van der Waals surface area (Å²) in [6.07, 6.45) is 4.94. The third kappa shape index (κ3) is 4.60. The van der Waals surface area contributed by atoms with Gasteiger partial charge in [0.25, 0.3) is 0 Å². The first kappa shape index (κ1) is 25.6. The van der Waals surface area contributed by atoms with Crippen LogP contribution < -0.4 is 4.90 Å². The van der Waals surface area contributed by atoms with Crippen molar-refractivity contribution in [1.82, 2.24) is 19.9 Å². The number of phenols is 1. The Labute approximate surface area is 230 Å². The van der Waals surface area contributed by atoms with Gasteiger partial charge in [0.15, 0.2) is 11.0 Å². The number of thioether (sulfide) groups is 1. The van der Waals surface area contributed by atoms with Crippen LogP contribution in [0.1, 0.15) is 33.6 Å². The van der Waals surface area contributed by atoms with Crippen molar-refractivity contribution in [3.05, 3.63) is 48.4 Å². The lowest BCUT2D eigenvalue weighted by Gasteiger charge is -2.42. The fourth-order valence-electron chi connectivity index (χ4n) is 5.72. The molecule has 2 bridgehead atoms. The number of amides is 1. The zero-order valence-corrected chi connectivity index (χ0v) is 23.1. The van der Waals surface area contributed by atoms with Gasteiger partial charge in [0, 0.05) is 24.8 Å². The Morgan fingerprint density at radius 2 is 1.82 bits per heavy atom. The molecule has 0 saturated carbocycles. The van der Waals surface area contributed by atoms with E-state index in [4.69, 9.17) is 9.72 Å². The lowest BCUT2D eigenvalue weighted by atomic mass is 10.00. The van der Waals surface area contributed by atoms with Gasteiger partial charge in [-0.3, -0.25) is 9.88 Å². The van der Waals surface area contributed by atoms with Gasteiger partial charge in [-0.25, -0.2) is 19.2 Å². The van der Waals surface area contributed by atoms with E-state index in [1.165, 1.54) is 17.8 Å². The average Bonchev–Trinajstić information content (AvgIpc) is 3.16. The number of fused-ring (bicyclic) bond motifs is 4. The standard InChI is InChI=1S/C29H30FN5O3S/c1-29(2,3)38-28(37)35-17-9-10-18(35)15-34(14-17)26-22-13-31-24(23(30)25(22)32-27(33-26)39-4)21-12-19(36)11-16-7-5-6-8-20(16)21/h5-8,11-13,17-18,36H,9-10,14-15H2,1-4H3. The van der Waals surface area contributed by atoms with Crippen LogP contribution in [0.2, 0.25) is 0 Å². The molecule has 0 spiro atoms. The number of rotatable bonds is 3. The van der Waals surface area contributed by atoms with E-state index in [1.807, 2.05) is 56.2 Å². The number of piperazine rings is 1. The molecule has 2 fully saturated rings. The summed E-state index contributed by atoms with van der Waals surface area (Å²) in [6, 6.07) is 10.6. The minimum absolute atomic E-state index is 0.0166. The number of carbonyl (C=O) groups excluding carboxylic acids is 1. The van der Waals surface area contributed by atoms with Crippen molar-refractivity contribution in [2.24, 2.45) is 0 Å². The summed E-state index contributed by atoms with van der Waals surface area (Å²) < 4.78 is 21.9. The molecule has 4 aromatic rings. The topological polar surface area (TPSA) is 91.7 Å². The van der Waals surface area contributed by atoms with Crippen LogP contribution in [0, 0.1) is 5.82 Å². The van der Waals surface area contributed by atoms with E-state index in [0.717, 1.165) is 23.6 Å². The SMILES string of the molecule is CSc1nc(N2CC3CCC(C2)N3C(=O)OC(C)(C)C)c2cnc(-c3cc(O)cc4ccccc34)c(F)c2n1. The van der Waals surface area contributed by atoms with E-state index >= 15 is 4.39 Å². The highest BCUT2D eigenvalue weighted by Crippen LogP contribution is 2.39. The van der Waals surface area contributed by atoms with Crippen molar-refractivity contribution in [2.75, 3.05) is 24.2 Å². The molecular formula is C29H30FN5O3S. The molecule has 2 aliphatic rings. The lowest BCUT2D eigenvalue weighted by Crippen LogP contribution is -2.57. The molecule has 0 radical (unpaired) electrons. The zero-order valence-electron chi connectivity index (χ0n) is 22.3. The minimum atomic E-state index is -0.564. The van der Waals surface area contributed by atoms with Gasteiger partial charge in [-0.05, 0) is 62.8 Å². The van der Waals surface area contributed by atoms with Gasteiger partial charge in [-0.1, -0.05) is 36.0 Å². The van der Waals surface area contributed by atoms with Gasteiger partial charge >= 0.3 is 6.09 Å². The molecule has 2 aromatic heterocycles. The second-order valence-electron chi connectivity index (χ2n) is 11.1. The molecule has 10 heteroatoms. The maximum atomic E-state index is 16.2. The molecule has 2 unspecified atom stereocenters. The van der Waals surface area contributed by atoms with Crippen LogP contribution in [0.25, 0.3) is 32.9 Å². The number of ether oxygens (including phenoxy) is 1. The third-order valence-electron chi connectivity index (χ3n) is 7.31. The van der Waals surface area contributed by atoms with Gasteiger partial charge in [0.1, 0.15) is 28.4 Å². The van der Waals surface area contributed by atoms with Crippen molar-refractivity contribution in [1.29, 1.82) is 0 Å². The highest BCUT2D eigenvalue weighted by Gasteiger charge is 2.45. The fourth-order valence-corrected chi connectivity index (χ4v) is 6.08. The predicted octanol–water partition coefficient (Wildman–Crippen LogP) is 6.00. The molecule has 2 aromatic carbocycles. The highest BCUT2D eigenvalue weighted by atomic mass is 32.2. The van der Waals surface area contributed by atoms with Crippen molar-refractivity contribution in [3.8, 4) is 17.0 Å². The Bertz CT molecular complexity index is 1590. The van der Waals surface area contributed by atoms with Crippen molar-refractivity contribution < 1.29 is 19.0 Å². The molecule has 0 aliphatic carbocycles. The maximum absolute atomic E-state index is 16.2. The number of hydrogen-bond acceptors (Lipinski definition) is 8. The summed E-state index contributed by atoms with van der Waals surface area (Å²) in [6.45, 7) is 6.74. The van der Waals surface area contributed by atoms with Crippen LogP contribution in [0.15, 0.2) is 47.8 Å². The summed E-state index contributed by atoms with van der Waals surface area (Å²) in [5.41, 5.74) is 0.246. The molecule has 1 amide bonds. The fraction of sp³-hybridized carbons (Fsp3) is 0.379. The van der Waals surface area contributed by atoms with Crippen LogP contribution in [-0.4, -0.2) is 68.1 Å². The molecule has 202 valence electrons. The first-order valence-corrected chi connectivity index (χ1v) is 14.2. The van der Waals surface area contributed by atoms with E-state index in [9.17, 15) is 9.90 Å². The largest absolute Gasteiger partial charge is 0.508 e. The number of carbonyl (C=O) groups is 1. The number of hydrogen-bond donors (Lipinski definition) is 1. The van der Waals surface area contributed by atoms with Crippen LogP contribution in [0.3, 0.4) is 0 Å². The van der Waals surface area contributed by atoms with E-state index in [1.54, 1.807) is 12.3 Å². The second kappa shape index (κ2) is 9.51. The van der Waals surface area contributed by atoms with Crippen LogP contribution >= 0.6 is 11.8 Å². The number of benzene rings is 2. The summed E-state index contributed by atoms with van der Waals surface area (Å²) in [4.78, 5) is 30.8. The summed E-state index contributed by atoms with van der Waals surface area (Å²) >= 11 is 1.35. The zero-order chi connectivity index (χ0) is 27.5. The summed E-state index contributed by atoms with van der Waals surface area (Å²) in [5.74, 6) is 0.0953. The Morgan fingerprint density at radius 3 is 2.51 bits per heavy atom. The van der Waals surface area contributed by atoms with Crippen molar-refractivity contribution >= 4 is 45.3 Å². The summed E-state index contributed by atoms with van der Waals surface area (Å²) in [7, 11) is 0. The molecular weight excluding hydrogens is 517 g/mol. The number of aromatic nitrogens is 3. The number of nitrogens with zero attached hydrogens (tertiary/aromatic N) is 5. The first-order valence-electron chi connectivity index (χ1n) is 13.0. The third-order valence-corrected chi connectivity index (χ3v) is 7.86. The van der Waals surface area contributed by atoms with Gasteiger partial charge < -0.3 is 14.7 Å². The molecule has 2 atom stereocenters. The smallest absolute Gasteiger partial charge is 0.410 e. The molecule has 4 heterocycles. The molecule has 8 nitrogen and oxygen atoms in total. The highest BCUT2D eigenvalue weighted by molar-refractivity contribution is 7.98. The van der Waals surface area contributed by atoms with Gasteiger partial charge in [0.2, 0.25) is 0 Å². The van der Waals surface area contributed by atoms with E-state index in [0.29, 0.717) is 35.0 Å².